The molecule has 2 aromatic heterocycles. The van der Waals surface area contributed by atoms with Crippen molar-refractivity contribution in [3.8, 4) is 0 Å². The minimum Gasteiger partial charge on any atom is -0.370 e. The van der Waals surface area contributed by atoms with Gasteiger partial charge in [-0.15, -0.1) is 0 Å². The van der Waals surface area contributed by atoms with Gasteiger partial charge in [0.2, 0.25) is 0 Å². The van der Waals surface area contributed by atoms with Crippen molar-refractivity contribution in [1.29, 1.82) is 0 Å². The van der Waals surface area contributed by atoms with Crippen LogP contribution in [0.4, 0.5) is 17.3 Å². The zero-order valence-corrected chi connectivity index (χ0v) is 16.2. The molecule has 25 heavy (non-hydrogen) atoms. The predicted octanol–water partition coefficient (Wildman–Crippen LogP) is 4.67. The third kappa shape index (κ3) is 3.56. The number of nitrogens with one attached hydrogen (secondary N) is 2. The minimum absolute atomic E-state index is 0.740. The highest BCUT2D eigenvalue weighted by Crippen LogP contribution is 2.32. The maximum atomic E-state index is 4.60. The average molecular weight is 356 g/mol. The number of aryl methyl sites for hydroxylation is 3. The highest BCUT2D eigenvalue weighted by molar-refractivity contribution is 7.00. The first-order chi connectivity index (χ1) is 12.0. The van der Waals surface area contributed by atoms with Crippen molar-refractivity contribution in [3.63, 3.8) is 0 Å². The molecular weight excluding hydrogens is 332 g/mol. The van der Waals surface area contributed by atoms with Gasteiger partial charge < -0.3 is 10.6 Å². The van der Waals surface area contributed by atoms with Gasteiger partial charge in [0.25, 0.3) is 0 Å². The second-order valence-electron chi connectivity index (χ2n) is 6.35. The summed E-state index contributed by atoms with van der Waals surface area (Å²) in [4.78, 5) is 9.15. The molecule has 0 spiro atoms. The van der Waals surface area contributed by atoms with E-state index in [0.717, 1.165) is 70.3 Å². The van der Waals surface area contributed by atoms with Crippen molar-refractivity contribution in [2.75, 3.05) is 17.2 Å². The van der Waals surface area contributed by atoms with Gasteiger partial charge in [-0.25, -0.2) is 9.97 Å². The monoisotopic (exact) mass is 356 g/mol. The fourth-order valence-corrected chi connectivity index (χ4v) is 3.46. The van der Waals surface area contributed by atoms with E-state index >= 15 is 0 Å². The normalized spacial score (nSPS) is 11.1. The molecule has 0 bridgehead atoms. The van der Waals surface area contributed by atoms with Gasteiger partial charge >= 0.3 is 0 Å². The van der Waals surface area contributed by atoms with Crippen LogP contribution in [-0.2, 0) is 0 Å². The summed E-state index contributed by atoms with van der Waals surface area (Å²) in [5, 5.41) is 6.90. The third-order valence-corrected chi connectivity index (χ3v) is 4.78. The summed E-state index contributed by atoms with van der Waals surface area (Å²) in [6, 6.07) is 2.13. The van der Waals surface area contributed by atoms with Crippen molar-refractivity contribution in [2.45, 2.75) is 47.5 Å². The molecule has 7 heteroatoms. The average Bonchev–Trinajstić information content (AvgIpc) is 3.05. The Bertz CT molecular complexity index is 902. The van der Waals surface area contributed by atoms with Gasteiger partial charge in [0, 0.05) is 12.1 Å². The fourth-order valence-electron chi connectivity index (χ4n) is 2.85. The lowest BCUT2D eigenvalue weighted by Crippen LogP contribution is -2.09. The van der Waals surface area contributed by atoms with E-state index in [9.17, 15) is 0 Å². The molecule has 0 saturated heterocycles. The van der Waals surface area contributed by atoms with Gasteiger partial charge in [-0.05, 0) is 45.2 Å². The lowest BCUT2D eigenvalue weighted by Gasteiger charge is -2.16. The van der Waals surface area contributed by atoms with Crippen LogP contribution in [0.5, 0.6) is 0 Å². The summed E-state index contributed by atoms with van der Waals surface area (Å²) in [5.74, 6) is 2.44. The molecule has 0 amide bonds. The first-order valence-electron chi connectivity index (χ1n) is 8.59. The van der Waals surface area contributed by atoms with E-state index in [0.29, 0.717) is 0 Å². The van der Waals surface area contributed by atoms with Crippen LogP contribution < -0.4 is 10.6 Å². The number of anilines is 3. The number of nitrogens with zero attached hydrogens (tertiary/aromatic N) is 4. The maximum absolute atomic E-state index is 4.60. The van der Waals surface area contributed by atoms with E-state index in [2.05, 4.69) is 56.2 Å². The van der Waals surface area contributed by atoms with Crippen molar-refractivity contribution < 1.29 is 0 Å². The highest BCUT2D eigenvalue weighted by Gasteiger charge is 2.15. The Morgan fingerprint density at radius 2 is 1.68 bits per heavy atom. The lowest BCUT2D eigenvalue weighted by atomic mass is 10.1. The van der Waals surface area contributed by atoms with Gasteiger partial charge in [0.15, 0.2) is 0 Å². The summed E-state index contributed by atoms with van der Waals surface area (Å²) in [6.45, 7) is 11.2. The van der Waals surface area contributed by atoms with Crippen molar-refractivity contribution in [1.82, 2.24) is 18.7 Å². The minimum atomic E-state index is 0.740. The number of hydrogen-bond acceptors (Lipinski definition) is 7. The Morgan fingerprint density at radius 1 is 0.960 bits per heavy atom. The number of fused-ring (bicyclic) bond motifs is 1. The van der Waals surface area contributed by atoms with Crippen molar-refractivity contribution in [2.24, 2.45) is 0 Å². The van der Waals surface area contributed by atoms with Gasteiger partial charge in [0.1, 0.15) is 28.5 Å². The molecule has 0 aliphatic rings. The van der Waals surface area contributed by atoms with Crippen molar-refractivity contribution >= 4 is 40.1 Å². The Kier molecular flexibility index (Phi) is 5.13. The lowest BCUT2D eigenvalue weighted by molar-refractivity contribution is 0.828. The summed E-state index contributed by atoms with van der Waals surface area (Å²) >= 11 is 1.24. The number of rotatable bonds is 6. The van der Waals surface area contributed by atoms with E-state index < -0.39 is 0 Å². The molecule has 3 aromatic rings. The Hall–Kier alpha value is -2.28. The molecule has 0 radical (unpaired) electrons. The Balaban J connectivity index is 2.00. The van der Waals surface area contributed by atoms with E-state index in [1.807, 2.05) is 13.8 Å². The van der Waals surface area contributed by atoms with E-state index in [1.165, 1.54) is 11.7 Å². The second-order valence-corrected chi connectivity index (χ2v) is 6.87. The largest absolute Gasteiger partial charge is 0.370 e. The van der Waals surface area contributed by atoms with Crippen LogP contribution in [0.3, 0.4) is 0 Å². The second kappa shape index (κ2) is 7.31. The van der Waals surface area contributed by atoms with Crippen LogP contribution >= 0.6 is 11.7 Å². The number of hydrogen-bond donors (Lipinski definition) is 2. The SMILES string of the molecule is CCCCNc1nc(C)nc(Nc2c(C)cc(C)c3nsnc23)c1C. The zero-order valence-electron chi connectivity index (χ0n) is 15.4. The third-order valence-electron chi connectivity index (χ3n) is 4.25. The molecular formula is C18H24N6S. The predicted molar refractivity (Wildman–Crippen MR) is 105 cm³/mol. The van der Waals surface area contributed by atoms with Gasteiger partial charge in [-0.2, -0.15) is 8.75 Å². The summed E-state index contributed by atoms with van der Waals surface area (Å²) < 4.78 is 8.90. The van der Waals surface area contributed by atoms with Crippen LogP contribution in [-0.4, -0.2) is 25.3 Å². The van der Waals surface area contributed by atoms with E-state index in [1.54, 1.807) is 0 Å². The molecule has 0 aliphatic heterocycles. The Morgan fingerprint density at radius 3 is 2.44 bits per heavy atom. The molecule has 1 aromatic carbocycles. The van der Waals surface area contributed by atoms with Gasteiger partial charge in [-0.1, -0.05) is 19.4 Å². The van der Waals surface area contributed by atoms with E-state index in [4.69, 9.17) is 0 Å². The quantitative estimate of drug-likeness (QED) is 0.625. The smallest absolute Gasteiger partial charge is 0.139 e. The Labute approximate surface area is 152 Å². The topological polar surface area (TPSA) is 75.6 Å². The zero-order chi connectivity index (χ0) is 18.0. The molecule has 6 nitrogen and oxygen atoms in total. The molecule has 2 heterocycles. The van der Waals surface area contributed by atoms with Crippen LogP contribution in [0, 0.1) is 27.7 Å². The molecule has 0 fully saturated rings. The van der Waals surface area contributed by atoms with Gasteiger partial charge in [-0.3, -0.25) is 0 Å². The van der Waals surface area contributed by atoms with Crippen LogP contribution in [0.1, 0.15) is 42.3 Å². The van der Waals surface area contributed by atoms with Crippen molar-refractivity contribution in [3.05, 3.63) is 28.6 Å². The summed E-state index contributed by atoms with van der Waals surface area (Å²) in [6.07, 6.45) is 2.27. The molecule has 0 saturated carbocycles. The summed E-state index contributed by atoms with van der Waals surface area (Å²) in [5.41, 5.74) is 6.10. The summed E-state index contributed by atoms with van der Waals surface area (Å²) in [7, 11) is 0. The number of unbranched alkanes of at least 4 members (excludes halogenated alkanes) is 1. The molecule has 3 rings (SSSR count). The molecule has 0 atom stereocenters. The highest BCUT2D eigenvalue weighted by atomic mass is 32.1. The number of aromatic nitrogens is 4. The molecule has 132 valence electrons. The van der Waals surface area contributed by atoms with Crippen LogP contribution in [0.25, 0.3) is 11.0 Å². The van der Waals surface area contributed by atoms with Crippen LogP contribution in [0.2, 0.25) is 0 Å². The van der Waals surface area contributed by atoms with Gasteiger partial charge in [0.05, 0.1) is 17.4 Å². The first-order valence-corrected chi connectivity index (χ1v) is 9.33. The number of benzene rings is 1. The molecule has 2 N–H and O–H groups in total. The van der Waals surface area contributed by atoms with E-state index in [-0.39, 0.29) is 0 Å². The van der Waals surface area contributed by atoms with Crippen LogP contribution in [0.15, 0.2) is 6.07 Å². The first kappa shape index (κ1) is 17.5. The molecule has 0 unspecified atom stereocenters. The fraction of sp³-hybridized carbons (Fsp3) is 0.444. The molecule has 0 aliphatic carbocycles. The maximum Gasteiger partial charge on any atom is 0.139 e. The standard InChI is InChI=1S/C18H24N6S/c1-6-7-8-19-17-12(4)18(21-13(5)20-17)22-14-10(2)9-11(3)15-16(14)24-25-23-15/h9H,6-8H2,1-5H3,(H2,19,20,21,22).